The number of amides is 3. The second-order valence-electron chi connectivity index (χ2n) is 11.3. The third kappa shape index (κ3) is 3.91. The van der Waals surface area contributed by atoms with Crippen LogP contribution in [-0.2, 0) is 10.3 Å². The van der Waals surface area contributed by atoms with Gasteiger partial charge in [-0.25, -0.2) is 4.79 Å². The fourth-order valence-corrected chi connectivity index (χ4v) is 6.07. The van der Waals surface area contributed by atoms with Crippen LogP contribution in [0.4, 0.5) is 4.79 Å². The molecule has 4 rings (SSSR count). The van der Waals surface area contributed by atoms with E-state index in [0.717, 1.165) is 32.2 Å². The number of nitrogens with two attached hydrogens (primary N) is 1. The number of rotatable bonds is 7. The van der Waals surface area contributed by atoms with Gasteiger partial charge in [-0.15, -0.1) is 0 Å². The molecule has 0 radical (unpaired) electrons. The normalized spacial score (nSPS) is 29.1. The molecule has 176 valence electrons. The molecule has 0 atom stereocenters. The maximum atomic E-state index is 13.6. The third-order valence-corrected chi connectivity index (χ3v) is 8.65. The summed E-state index contributed by atoms with van der Waals surface area (Å²) < 4.78 is 0. The van der Waals surface area contributed by atoms with E-state index in [1.165, 1.54) is 24.8 Å². The number of urea groups is 1. The van der Waals surface area contributed by atoms with E-state index in [9.17, 15) is 9.59 Å². The van der Waals surface area contributed by atoms with Gasteiger partial charge in [0.05, 0.1) is 11.0 Å². The number of hydrogen-bond acceptors (Lipinski definition) is 3. The molecule has 1 aromatic carbocycles. The van der Waals surface area contributed by atoms with Crippen LogP contribution in [0.15, 0.2) is 30.3 Å². The van der Waals surface area contributed by atoms with E-state index < -0.39 is 5.41 Å². The van der Waals surface area contributed by atoms with Crippen molar-refractivity contribution in [2.45, 2.75) is 69.9 Å². The number of nitrogens with zero attached hydrogens (tertiary/aromatic N) is 3. The monoisotopic (exact) mass is 440 g/mol. The molecule has 6 heteroatoms. The zero-order valence-electron chi connectivity index (χ0n) is 20.3. The Labute approximate surface area is 193 Å². The molecule has 2 aliphatic carbocycles. The van der Waals surface area contributed by atoms with Crippen LogP contribution in [0.1, 0.15) is 64.4 Å². The maximum Gasteiger partial charge on any atom is 0.320 e. The smallest absolute Gasteiger partial charge is 0.320 e. The van der Waals surface area contributed by atoms with E-state index in [4.69, 9.17) is 5.73 Å². The van der Waals surface area contributed by atoms with E-state index in [1.54, 1.807) is 0 Å². The van der Waals surface area contributed by atoms with E-state index in [0.29, 0.717) is 19.0 Å². The van der Waals surface area contributed by atoms with Crippen molar-refractivity contribution in [1.82, 2.24) is 14.7 Å². The molecular formula is C26H40N4O2. The van der Waals surface area contributed by atoms with Gasteiger partial charge in [-0.1, -0.05) is 36.8 Å². The van der Waals surface area contributed by atoms with Gasteiger partial charge in [-0.05, 0) is 77.9 Å². The van der Waals surface area contributed by atoms with Crippen molar-refractivity contribution < 1.29 is 9.59 Å². The zero-order valence-corrected chi connectivity index (χ0v) is 20.3. The van der Waals surface area contributed by atoms with Gasteiger partial charge in [-0.3, -0.25) is 9.69 Å². The summed E-state index contributed by atoms with van der Waals surface area (Å²) in [5.41, 5.74) is 6.14. The molecule has 0 bridgehead atoms. The molecule has 0 aromatic heterocycles. The molecule has 3 aliphatic rings. The first-order valence-corrected chi connectivity index (χ1v) is 12.2. The molecule has 1 saturated heterocycles. The lowest BCUT2D eigenvalue weighted by atomic mass is 9.68. The summed E-state index contributed by atoms with van der Waals surface area (Å²) in [6.07, 6.45) is 7.71. The van der Waals surface area contributed by atoms with Crippen molar-refractivity contribution in [3.63, 3.8) is 0 Å². The second-order valence-corrected chi connectivity index (χ2v) is 11.3. The third-order valence-electron chi connectivity index (χ3n) is 8.65. The fraction of sp³-hybridized carbons (Fsp3) is 0.692. The van der Waals surface area contributed by atoms with Crippen molar-refractivity contribution in [3.8, 4) is 0 Å². The highest BCUT2D eigenvalue weighted by Gasteiger charge is 2.55. The highest BCUT2D eigenvalue weighted by molar-refractivity contribution is 5.83. The molecular weight excluding hydrogens is 400 g/mol. The van der Waals surface area contributed by atoms with Gasteiger partial charge < -0.3 is 15.5 Å². The summed E-state index contributed by atoms with van der Waals surface area (Å²) in [7, 11) is 4.36. The molecule has 6 nitrogen and oxygen atoms in total. The summed E-state index contributed by atoms with van der Waals surface area (Å²) in [6, 6.07) is 10.9. The minimum atomic E-state index is -0.727. The Hall–Kier alpha value is -2.08. The predicted molar refractivity (Wildman–Crippen MR) is 127 cm³/mol. The molecule has 1 spiro atoms. The van der Waals surface area contributed by atoms with Gasteiger partial charge in [-0.2, -0.15) is 0 Å². The van der Waals surface area contributed by atoms with Crippen LogP contribution in [0, 0.1) is 11.3 Å². The van der Waals surface area contributed by atoms with Crippen LogP contribution in [0.25, 0.3) is 0 Å². The lowest BCUT2D eigenvalue weighted by molar-refractivity contribution is -0.126. The maximum absolute atomic E-state index is 13.6. The quantitative estimate of drug-likeness (QED) is 0.701. The minimum Gasteiger partial charge on any atom is -0.369 e. The van der Waals surface area contributed by atoms with E-state index >= 15 is 0 Å². The van der Waals surface area contributed by atoms with Crippen LogP contribution in [0.2, 0.25) is 0 Å². The molecule has 32 heavy (non-hydrogen) atoms. The summed E-state index contributed by atoms with van der Waals surface area (Å²) in [6.45, 7) is 5.64. The van der Waals surface area contributed by atoms with E-state index in [1.807, 2.05) is 18.7 Å². The molecule has 1 aliphatic heterocycles. The first kappa shape index (κ1) is 23.1. The number of hydrogen-bond donors (Lipinski definition) is 1. The predicted octanol–water partition coefficient (Wildman–Crippen LogP) is 3.81. The van der Waals surface area contributed by atoms with Gasteiger partial charge in [0.25, 0.3) is 0 Å². The highest BCUT2D eigenvalue weighted by atomic mass is 16.2. The Balaban J connectivity index is 1.59. The van der Waals surface area contributed by atoms with Crippen molar-refractivity contribution in [2.75, 3.05) is 33.7 Å². The SMILES string of the molecule is CN(C)[C@]1(c2ccccc2)CC[C@@]2(CC1)CN(CC(C)(C)C(N)=O)C(=O)N2CC1CCC1. The van der Waals surface area contributed by atoms with Crippen LogP contribution >= 0.6 is 0 Å². The first-order chi connectivity index (χ1) is 15.1. The first-order valence-electron chi connectivity index (χ1n) is 12.2. The summed E-state index contributed by atoms with van der Waals surface area (Å²) >= 11 is 0. The van der Waals surface area contributed by atoms with Gasteiger partial charge in [0.1, 0.15) is 0 Å². The van der Waals surface area contributed by atoms with Crippen LogP contribution in [0.5, 0.6) is 0 Å². The van der Waals surface area contributed by atoms with Crippen molar-refractivity contribution >= 4 is 11.9 Å². The van der Waals surface area contributed by atoms with Crippen molar-refractivity contribution in [1.29, 1.82) is 0 Å². The van der Waals surface area contributed by atoms with Gasteiger partial charge in [0.15, 0.2) is 0 Å². The molecule has 0 unspecified atom stereocenters. The Kier molecular flexibility index (Phi) is 6.03. The summed E-state index contributed by atoms with van der Waals surface area (Å²) in [5, 5.41) is 0. The van der Waals surface area contributed by atoms with Crippen LogP contribution in [0.3, 0.4) is 0 Å². The molecule has 2 saturated carbocycles. The standard InChI is InChI=1S/C26H40N4O2/c1-24(2,22(27)31)18-29-19-25(30(23(29)32)17-20-9-8-10-20)13-15-26(16-14-25,28(3)4)21-11-6-5-7-12-21/h5-7,11-12,20H,8-10,13-19H2,1-4H3,(H2,27,31)/t25-,26-. The molecule has 2 N–H and O–H groups in total. The number of carbonyl (C=O) groups is 2. The summed E-state index contributed by atoms with van der Waals surface area (Å²) in [5.74, 6) is 0.269. The number of carbonyl (C=O) groups excluding carboxylic acids is 2. The Bertz CT molecular complexity index is 839. The Morgan fingerprint density at radius 3 is 2.25 bits per heavy atom. The fourth-order valence-electron chi connectivity index (χ4n) is 6.07. The Morgan fingerprint density at radius 1 is 1.12 bits per heavy atom. The molecule has 1 heterocycles. The van der Waals surface area contributed by atoms with Crippen LogP contribution < -0.4 is 5.73 Å². The van der Waals surface area contributed by atoms with Crippen molar-refractivity contribution in [2.24, 2.45) is 17.1 Å². The summed E-state index contributed by atoms with van der Waals surface area (Å²) in [4.78, 5) is 32.1. The number of benzene rings is 1. The van der Waals surface area contributed by atoms with E-state index in [2.05, 4.69) is 54.2 Å². The van der Waals surface area contributed by atoms with Gasteiger partial charge >= 0.3 is 6.03 Å². The minimum absolute atomic E-state index is 0.00237. The zero-order chi connectivity index (χ0) is 23.1. The topological polar surface area (TPSA) is 69.9 Å². The average molecular weight is 441 g/mol. The lowest BCUT2D eigenvalue weighted by Gasteiger charge is -2.51. The Morgan fingerprint density at radius 2 is 1.75 bits per heavy atom. The molecule has 1 aromatic rings. The second kappa shape index (κ2) is 8.36. The highest BCUT2D eigenvalue weighted by Crippen LogP contribution is 2.49. The lowest BCUT2D eigenvalue weighted by Crippen LogP contribution is -2.56. The largest absolute Gasteiger partial charge is 0.369 e. The van der Waals surface area contributed by atoms with Crippen LogP contribution in [-0.4, -0.2) is 65.9 Å². The molecule has 3 fully saturated rings. The van der Waals surface area contributed by atoms with E-state index in [-0.39, 0.29) is 23.0 Å². The number of primary amides is 1. The van der Waals surface area contributed by atoms with Gasteiger partial charge in [0.2, 0.25) is 5.91 Å². The molecule has 3 amide bonds. The average Bonchev–Trinajstić information content (AvgIpc) is 2.96. The van der Waals surface area contributed by atoms with Gasteiger partial charge in [0, 0.05) is 25.2 Å². The van der Waals surface area contributed by atoms with Crippen molar-refractivity contribution in [3.05, 3.63) is 35.9 Å².